The lowest BCUT2D eigenvalue weighted by Gasteiger charge is -2.02. The first kappa shape index (κ1) is 13.8. The normalized spacial score (nSPS) is 11.3. The summed E-state index contributed by atoms with van der Waals surface area (Å²) in [6, 6.07) is 9.65. The maximum Gasteiger partial charge on any atom is 0.262 e. The highest BCUT2D eigenvalue weighted by Gasteiger charge is 2.09. The van der Waals surface area contributed by atoms with Gasteiger partial charge in [-0.3, -0.25) is 4.79 Å². The van der Waals surface area contributed by atoms with E-state index in [9.17, 15) is 4.79 Å². The van der Waals surface area contributed by atoms with E-state index < -0.39 is 5.91 Å². The Kier molecular flexibility index (Phi) is 4.53. The van der Waals surface area contributed by atoms with Gasteiger partial charge in [-0.1, -0.05) is 18.2 Å². The first-order chi connectivity index (χ1) is 9.76. The number of carbonyl (C=O) groups excluding carboxylic acids is 1. The lowest BCUT2D eigenvalue weighted by molar-refractivity contribution is -0.117. The van der Waals surface area contributed by atoms with Crippen molar-refractivity contribution in [3.05, 3.63) is 41.6 Å². The van der Waals surface area contributed by atoms with Crippen LogP contribution in [0.3, 0.4) is 0 Å². The number of aromatic amines is 1. The summed E-state index contributed by atoms with van der Waals surface area (Å²) in [7, 11) is 1.55. The molecule has 0 aliphatic heterocycles. The van der Waals surface area contributed by atoms with E-state index in [0.29, 0.717) is 13.2 Å². The molecule has 0 spiro atoms. The number of aromatic nitrogens is 1. The molecular formula is C15H15N3O2. The number of methoxy groups -OCH3 is 1. The minimum Gasteiger partial charge on any atom is -0.383 e. The smallest absolute Gasteiger partial charge is 0.262 e. The minimum absolute atomic E-state index is 0.0749. The molecule has 2 rings (SSSR count). The van der Waals surface area contributed by atoms with Crippen LogP contribution in [0.2, 0.25) is 0 Å². The lowest BCUT2D eigenvalue weighted by atomic mass is 10.1. The third-order valence-corrected chi connectivity index (χ3v) is 2.88. The molecule has 1 aromatic heterocycles. The van der Waals surface area contributed by atoms with Crippen molar-refractivity contribution < 1.29 is 9.53 Å². The number of nitriles is 1. The number of benzene rings is 1. The zero-order chi connectivity index (χ0) is 14.4. The Balaban J connectivity index is 2.23. The molecule has 0 atom stereocenters. The molecule has 5 heteroatoms. The summed E-state index contributed by atoms with van der Waals surface area (Å²) in [6.45, 7) is 0.791. The number of nitrogens with one attached hydrogen (secondary N) is 2. The molecule has 2 aromatic rings. The van der Waals surface area contributed by atoms with Crippen molar-refractivity contribution in [2.45, 2.75) is 0 Å². The van der Waals surface area contributed by atoms with Gasteiger partial charge < -0.3 is 15.0 Å². The van der Waals surface area contributed by atoms with Crippen LogP contribution in [-0.2, 0) is 9.53 Å². The second-order valence-corrected chi connectivity index (χ2v) is 4.21. The van der Waals surface area contributed by atoms with Gasteiger partial charge in [0.1, 0.15) is 11.6 Å². The Labute approximate surface area is 116 Å². The van der Waals surface area contributed by atoms with Crippen LogP contribution >= 0.6 is 0 Å². The Morgan fingerprint density at radius 1 is 1.50 bits per heavy atom. The van der Waals surface area contributed by atoms with Gasteiger partial charge in [0.25, 0.3) is 5.91 Å². The van der Waals surface area contributed by atoms with Gasteiger partial charge in [0.2, 0.25) is 0 Å². The van der Waals surface area contributed by atoms with E-state index in [4.69, 9.17) is 10.00 Å². The Morgan fingerprint density at radius 3 is 3.05 bits per heavy atom. The summed E-state index contributed by atoms with van der Waals surface area (Å²) < 4.78 is 4.85. The van der Waals surface area contributed by atoms with Crippen LogP contribution in [0.4, 0.5) is 0 Å². The largest absolute Gasteiger partial charge is 0.383 e. The number of hydrogen-bond acceptors (Lipinski definition) is 3. The quantitative estimate of drug-likeness (QED) is 0.494. The van der Waals surface area contributed by atoms with Crippen LogP contribution in [0, 0.1) is 11.3 Å². The Morgan fingerprint density at radius 2 is 2.30 bits per heavy atom. The number of H-pyrrole nitrogens is 1. The summed E-state index contributed by atoms with van der Waals surface area (Å²) in [5.41, 5.74) is 1.86. The second-order valence-electron chi connectivity index (χ2n) is 4.21. The van der Waals surface area contributed by atoms with Crippen molar-refractivity contribution in [1.82, 2.24) is 10.3 Å². The van der Waals surface area contributed by atoms with Crippen LogP contribution in [0.25, 0.3) is 17.0 Å². The number of amides is 1. The number of ether oxygens (including phenoxy) is 1. The maximum absolute atomic E-state index is 11.8. The van der Waals surface area contributed by atoms with Gasteiger partial charge in [-0.05, 0) is 12.1 Å². The number of fused-ring (bicyclic) bond motifs is 1. The maximum atomic E-state index is 11.8. The lowest BCUT2D eigenvalue weighted by Crippen LogP contribution is -2.27. The summed E-state index contributed by atoms with van der Waals surface area (Å²) >= 11 is 0. The standard InChI is InChI=1S/C15H15N3O2/c1-20-7-6-17-15(19)11(9-16)8-12-10-18-14-5-3-2-4-13(12)14/h2-5,8,10,18H,6-7H2,1H3,(H,17,19). The second kappa shape index (κ2) is 6.55. The average Bonchev–Trinajstić information content (AvgIpc) is 2.88. The topological polar surface area (TPSA) is 77.9 Å². The summed E-state index contributed by atoms with van der Waals surface area (Å²) in [6.07, 6.45) is 3.37. The monoisotopic (exact) mass is 269 g/mol. The average molecular weight is 269 g/mol. The van der Waals surface area contributed by atoms with Crippen molar-refractivity contribution >= 4 is 22.9 Å². The van der Waals surface area contributed by atoms with E-state index in [-0.39, 0.29) is 5.57 Å². The molecule has 20 heavy (non-hydrogen) atoms. The highest BCUT2D eigenvalue weighted by Crippen LogP contribution is 2.20. The summed E-state index contributed by atoms with van der Waals surface area (Å²) in [5.74, 6) is -0.394. The number of para-hydroxylation sites is 1. The fraction of sp³-hybridized carbons (Fsp3) is 0.200. The molecule has 1 amide bonds. The molecule has 102 valence electrons. The van der Waals surface area contributed by atoms with E-state index in [1.54, 1.807) is 19.4 Å². The van der Waals surface area contributed by atoms with E-state index in [1.807, 2.05) is 30.3 Å². The Bertz CT molecular complexity index is 680. The van der Waals surface area contributed by atoms with Gasteiger partial charge in [0, 0.05) is 36.3 Å². The van der Waals surface area contributed by atoms with Crippen LogP contribution in [0.15, 0.2) is 36.0 Å². The molecule has 2 N–H and O–H groups in total. The number of hydrogen-bond donors (Lipinski definition) is 2. The zero-order valence-electron chi connectivity index (χ0n) is 11.1. The van der Waals surface area contributed by atoms with Crippen LogP contribution in [-0.4, -0.2) is 31.2 Å². The van der Waals surface area contributed by atoms with E-state index in [1.165, 1.54) is 0 Å². The van der Waals surface area contributed by atoms with Crippen LogP contribution in [0.1, 0.15) is 5.56 Å². The first-order valence-electron chi connectivity index (χ1n) is 6.21. The van der Waals surface area contributed by atoms with Crippen molar-refractivity contribution in [1.29, 1.82) is 5.26 Å². The van der Waals surface area contributed by atoms with Gasteiger partial charge in [-0.2, -0.15) is 5.26 Å². The summed E-state index contributed by atoms with van der Waals surface area (Å²) in [5, 5.41) is 12.7. The highest BCUT2D eigenvalue weighted by molar-refractivity contribution is 6.03. The first-order valence-corrected chi connectivity index (χ1v) is 6.21. The Hall–Kier alpha value is -2.58. The molecule has 0 saturated carbocycles. The summed E-state index contributed by atoms with van der Waals surface area (Å²) in [4.78, 5) is 14.9. The van der Waals surface area contributed by atoms with Gasteiger partial charge in [-0.25, -0.2) is 0 Å². The van der Waals surface area contributed by atoms with Crippen LogP contribution in [0.5, 0.6) is 0 Å². The van der Waals surface area contributed by atoms with Crippen molar-refractivity contribution in [2.75, 3.05) is 20.3 Å². The fourth-order valence-electron chi connectivity index (χ4n) is 1.88. The van der Waals surface area contributed by atoms with E-state index in [2.05, 4.69) is 10.3 Å². The number of carbonyl (C=O) groups is 1. The molecule has 0 radical (unpaired) electrons. The molecule has 0 unspecified atom stereocenters. The minimum atomic E-state index is -0.394. The zero-order valence-corrected chi connectivity index (χ0v) is 11.1. The van der Waals surface area contributed by atoms with Crippen LogP contribution < -0.4 is 5.32 Å². The predicted octanol–water partition coefficient (Wildman–Crippen LogP) is 1.84. The fourth-order valence-corrected chi connectivity index (χ4v) is 1.88. The van der Waals surface area contributed by atoms with Gasteiger partial charge >= 0.3 is 0 Å². The molecular weight excluding hydrogens is 254 g/mol. The van der Waals surface area contributed by atoms with Crippen molar-refractivity contribution in [2.24, 2.45) is 0 Å². The molecule has 0 bridgehead atoms. The predicted molar refractivity (Wildman–Crippen MR) is 76.8 cm³/mol. The van der Waals surface area contributed by atoms with Gasteiger partial charge in [0.05, 0.1) is 6.61 Å². The van der Waals surface area contributed by atoms with Crippen molar-refractivity contribution in [3.8, 4) is 6.07 Å². The van der Waals surface area contributed by atoms with Gasteiger partial charge in [-0.15, -0.1) is 0 Å². The molecule has 0 fully saturated rings. The highest BCUT2D eigenvalue weighted by atomic mass is 16.5. The van der Waals surface area contributed by atoms with E-state index >= 15 is 0 Å². The molecule has 5 nitrogen and oxygen atoms in total. The molecule has 1 heterocycles. The van der Waals surface area contributed by atoms with E-state index in [0.717, 1.165) is 16.5 Å². The van der Waals surface area contributed by atoms with Crippen molar-refractivity contribution in [3.63, 3.8) is 0 Å². The SMILES string of the molecule is COCCNC(=O)C(C#N)=Cc1c[nH]c2ccccc12. The molecule has 1 aromatic carbocycles. The number of nitrogens with zero attached hydrogens (tertiary/aromatic N) is 1. The molecule has 0 saturated heterocycles. The number of rotatable bonds is 5. The molecule has 0 aliphatic carbocycles. The molecule has 0 aliphatic rings. The van der Waals surface area contributed by atoms with Gasteiger partial charge in [0.15, 0.2) is 0 Å². The third kappa shape index (κ3) is 3.05. The third-order valence-electron chi connectivity index (χ3n) is 2.88.